The van der Waals surface area contributed by atoms with Gasteiger partial charge >= 0.3 is 12.2 Å². The van der Waals surface area contributed by atoms with Crippen molar-refractivity contribution >= 4 is 12.1 Å². The van der Waals surface area contributed by atoms with Crippen LogP contribution in [0, 0.1) is 0 Å². The lowest BCUT2D eigenvalue weighted by atomic mass is 10.1. The Morgan fingerprint density at radius 3 is 2.50 bits per heavy atom. The van der Waals surface area contributed by atoms with Crippen LogP contribution in [0.3, 0.4) is 0 Å². The zero-order valence-corrected chi connectivity index (χ0v) is 12.8. The molecule has 126 valence electrons. The molecule has 0 aliphatic rings. The molecule has 0 spiro atoms. The Hall–Kier alpha value is -2.76. The summed E-state index contributed by atoms with van der Waals surface area (Å²) in [6, 6.07) is 14.1. The number of amides is 2. The molecule has 2 rings (SSSR count). The van der Waals surface area contributed by atoms with Crippen LogP contribution in [0.15, 0.2) is 60.8 Å². The van der Waals surface area contributed by atoms with Crippen LogP contribution in [0.1, 0.15) is 16.7 Å². The van der Waals surface area contributed by atoms with Gasteiger partial charge in [-0.15, -0.1) is 0 Å². The highest BCUT2D eigenvalue weighted by atomic mass is 19.4. The minimum atomic E-state index is -4.36. The number of hydrogen-bond acceptors (Lipinski definition) is 1. The van der Waals surface area contributed by atoms with E-state index in [1.165, 1.54) is 12.3 Å². The average Bonchev–Trinajstić information content (AvgIpc) is 2.55. The monoisotopic (exact) mass is 334 g/mol. The van der Waals surface area contributed by atoms with Gasteiger partial charge in [0.1, 0.15) is 0 Å². The van der Waals surface area contributed by atoms with Crippen molar-refractivity contribution < 1.29 is 18.0 Å². The van der Waals surface area contributed by atoms with Gasteiger partial charge in [0.2, 0.25) is 0 Å². The second-order valence-corrected chi connectivity index (χ2v) is 5.09. The molecule has 2 aromatic rings. The molecule has 3 nitrogen and oxygen atoms in total. The summed E-state index contributed by atoms with van der Waals surface area (Å²) in [7, 11) is 0. The highest BCUT2D eigenvalue weighted by Crippen LogP contribution is 2.29. The molecule has 2 amide bonds. The van der Waals surface area contributed by atoms with Crippen LogP contribution in [-0.4, -0.2) is 12.6 Å². The molecule has 0 aliphatic carbocycles. The van der Waals surface area contributed by atoms with Crippen LogP contribution in [-0.2, 0) is 12.6 Å². The van der Waals surface area contributed by atoms with Crippen molar-refractivity contribution in [3.8, 4) is 0 Å². The first-order chi connectivity index (χ1) is 11.4. The topological polar surface area (TPSA) is 41.1 Å². The highest BCUT2D eigenvalue weighted by Gasteiger charge is 2.30. The Morgan fingerprint density at radius 1 is 1.04 bits per heavy atom. The number of benzene rings is 2. The average molecular weight is 334 g/mol. The third-order valence-electron chi connectivity index (χ3n) is 3.24. The van der Waals surface area contributed by atoms with E-state index in [1.54, 1.807) is 12.1 Å². The molecule has 0 unspecified atom stereocenters. The number of alkyl halides is 3. The molecule has 0 radical (unpaired) electrons. The second-order valence-electron chi connectivity index (χ2n) is 5.09. The van der Waals surface area contributed by atoms with E-state index in [4.69, 9.17) is 0 Å². The van der Waals surface area contributed by atoms with Gasteiger partial charge in [-0.1, -0.05) is 48.5 Å². The number of rotatable bonds is 5. The van der Waals surface area contributed by atoms with E-state index in [1.807, 2.05) is 30.3 Å². The molecule has 0 fully saturated rings. The van der Waals surface area contributed by atoms with Crippen molar-refractivity contribution in [3.05, 3.63) is 77.5 Å². The van der Waals surface area contributed by atoms with Crippen LogP contribution in [0.4, 0.5) is 18.0 Å². The lowest BCUT2D eigenvalue weighted by molar-refractivity contribution is -0.137. The fourth-order valence-electron chi connectivity index (χ4n) is 2.05. The quantitative estimate of drug-likeness (QED) is 0.845. The Labute approximate surface area is 138 Å². The molecule has 0 bridgehead atoms. The molecule has 2 N–H and O–H groups in total. The van der Waals surface area contributed by atoms with Gasteiger partial charge in [-0.05, 0) is 29.7 Å². The van der Waals surface area contributed by atoms with Gasteiger partial charge in [0.05, 0.1) is 5.56 Å². The fourth-order valence-corrected chi connectivity index (χ4v) is 2.05. The summed E-state index contributed by atoms with van der Waals surface area (Å²) in [5.74, 6) is 0. The molecular weight excluding hydrogens is 317 g/mol. The highest BCUT2D eigenvalue weighted by molar-refractivity contribution is 5.75. The fraction of sp³-hybridized carbons (Fsp3) is 0.167. The van der Waals surface area contributed by atoms with Crippen molar-refractivity contribution in [3.63, 3.8) is 0 Å². The first-order valence-electron chi connectivity index (χ1n) is 7.37. The van der Waals surface area contributed by atoms with Gasteiger partial charge in [-0.3, -0.25) is 0 Å². The molecule has 0 saturated carbocycles. The van der Waals surface area contributed by atoms with Crippen molar-refractivity contribution in [2.75, 3.05) is 6.54 Å². The van der Waals surface area contributed by atoms with E-state index >= 15 is 0 Å². The van der Waals surface area contributed by atoms with E-state index in [0.29, 0.717) is 12.0 Å². The molecular formula is C18H17F3N2O. The summed E-state index contributed by atoms with van der Waals surface area (Å²) in [4.78, 5) is 11.6. The van der Waals surface area contributed by atoms with Crippen LogP contribution >= 0.6 is 0 Å². The standard InChI is InChI=1S/C18H17F3N2O/c19-18(20,21)16-8-4-7-15(13-16)10-12-23-17(24)22-11-9-14-5-2-1-3-6-14/h1-9,11,13H,10,12H2,(H2,22,23,24)/b11-9+. The van der Waals surface area contributed by atoms with Crippen molar-refractivity contribution in [1.29, 1.82) is 0 Å². The molecule has 24 heavy (non-hydrogen) atoms. The number of halogens is 3. The Kier molecular flexibility index (Phi) is 6.01. The van der Waals surface area contributed by atoms with Gasteiger partial charge in [0.15, 0.2) is 0 Å². The van der Waals surface area contributed by atoms with E-state index in [0.717, 1.165) is 17.7 Å². The first-order valence-corrected chi connectivity index (χ1v) is 7.37. The Bertz CT molecular complexity index is 697. The second kappa shape index (κ2) is 8.19. The SMILES string of the molecule is O=C(N/C=C/c1ccccc1)NCCc1cccc(C(F)(F)F)c1. The smallest absolute Gasteiger partial charge is 0.338 e. The Balaban J connectivity index is 1.76. The summed E-state index contributed by atoms with van der Waals surface area (Å²) in [5, 5.41) is 5.14. The molecule has 6 heteroatoms. The van der Waals surface area contributed by atoms with Gasteiger partial charge in [-0.25, -0.2) is 4.79 Å². The zero-order chi connectivity index (χ0) is 17.4. The van der Waals surface area contributed by atoms with E-state index in [-0.39, 0.29) is 6.54 Å². The summed E-state index contributed by atoms with van der Waals surface area (Å²) in [6.07, 6.45) is -0.788. The predicted molar refractivity (Wildman–Crippen MR) is 87.2 cm³/mol. The van der Waals surface area contributed by atoms with Gasteiger partial charge in [0, 0.05) is 12.7 Å². The van der Waals surface area contributed by atoms with Gasteiger partial charge < -0.3 is 10.6 Å². The maximum absolute atomic E-state index is 12.6. The van der Waals surface area contributed by atoms with E-state index in [9.17, 15) is 18.0 Å². The van der Waals surface area contributed by atoms with Crippen LogP contribution in [0.5, 0.6) is 0 Å². The normalized spacial score (nSPS) is 11.5. The minimum Gasteiger partial charge on any atom is -0.338 e. The molecule has 0 heterocycles. The molecule has 0 saturated heterocycles. The Morgan fingerprint density at radius 2 is 1.79 bits per heavy atom. The maximum atomic E-state index is 12.6. The van der Waals surface area contributed by atoms with E-state index in [2.05, 4.69) is 10.6 Å². The predicted octanol–water partition coefficient (Wildman–Crippen LogP) is 4.22. The van der Waals surface area contributed by atoms with Crippen molar-refractivity contribution in [1.82, 2.24) is 10.6 Å². The number of nitrogens with one attached hydrogen (secondary N) is 2. The third kappa shape index (κ3) is 5.79. The van der Waals surface area contributed by atoms with Gasteiger partial charge in [-0.2, -0.15) is 13.2 Å². The summed E-state index contributed by atoms with van der Waals surface area (Å²) < 4.78 is 37.8. The van der Waals surface area contributed by atoms with Crippen LogP contribution < -0.4 is 10.6 Å². The molecule has 0 aliphatic heterocycles. The minimum absolute atomic E-state index is 0.242. The summed E-state index contributed by atoms with van der Waals surface area (Å²) in [5.41, 5.74) is 0.780. The lowest BCUT2D eigenvalue weighted by Gasteiger charge is -2.09. The van der Waals surface area contributed by atoms with E-state index < -0.39 is 17.8 Å². The zero-order valence-electron chi connectivity index (χ0n) is 12.8. The van der Waals surface area contributed by atoms with Gasteiger partial charge in [0.25, 0.3) is 0 Å². The first kappa shape index (κ1) is 17.6. The third-order valence-corrected chi connectivity index (χ3v) is 3.24. The van der Waals surface area contributed by atoms with Crippen LogP contribution in [0.25, 0.3) is 6.08 Å². The number of carbonyl (C=O) groups is 1. The van der Waals surface area contributed by atoms with Crippen molar-refractivity contribution in [2.24, 2.45) is 0 Å². The molecule has 2 aromatic carbocycles. The maximum Gasteiger partial charge on any atom is 0.416 e. The molecule has 0 atom stereocenters. The summed E-state index contributed by atoms with van der Waals surface area (Å²) >= 11 is 0. The largest absolute Gasteiger partial charge is 0.416 e. The number of hydrogen-bond donors (Lipinski definition) is 2. The number of urea groups is 1. The lowest BCUT2D eigenvalue weighted by Crippen LogP contribution is -2.33. The summed E-state index contributed by atoms with van der Waals surface area (Å²) in [6.45, 7) is 0.242. The van der Waals surface area contributed by atoms with Crippen LogP contribution in [0.2, 0.25) is 0 Å². The van der Waals surface area contributed by atoms with Crippen molar-refractivity contribution in [2.45, 2.75) is 12.6 Å². The number of carbonyl (C=O) groups excluding carboxylic acids is 1. The molecule has 0 aromatic heterocycles.